The van der Waals surface area contributed by atoms with Crippen molar-refractivity contribution in [3.63, 3.8) is 0 Å². The lowest BCUT2D eigenvalue weighted by atomic mass is 9.48. The lowest BCUT2D eigenvalue weighted by Crippen LogP contribution is -2.61. The number of allylic oxidation sites excluding steroid dienone is 2. The predicted octanol–water partition coefficient (Wildman–Crippen LogP) is 1.78. The van der Waals surface area contributed by atoms with E-state index in [-0.39, 0.29) is 35.5 Å². The average molecular weight is 641 g/mol. The van der Waals surface area contributed by atoms with Gasteiger partial charge >= 0.3 is 20.8 Å². The molecule has 4 aliphatic carbocycles. The van der Waals surface area contributed by atoms with Crippen LogP contribution < -0.4 is 0 Å². The highest BCUT2D eigenvalue weighted by Crippen LogP contribution is 2.66. The van der Waals surface area contributed by atoms with E-state index in [1.165, 1.54) is 12.5 Å². The van der Waals surface area contributed by atoms with Gasteiger partial charge in [-0.1, -0.05) is 25.5 Å². The van der Waals surface area contributed by atoms with Crippen LogP contribution in [0.3, 0.4) is 0 Å². The molecule has 0 bridgehead atoms. The summed E-state index contributed by atoms with van der Waals surface area (Å²) in [5, 5.41) is 32.2. The normalized spacial score (nSPS) is 48.5. The zero-order valence-electron chi connectivity index (χ0n) is 24.3. The Morgan fingerprint density at radius 3 is 2.26 bits per heavy atom. The molecule has 5 rings (SSSR count). The highest BCUT2D eigenvalue weighted by Gasteiger charge is 2.61. The maximum atomic E-state index is 11.6. The Bertz CT molecular complexity index is 1270. The topological polar surface area (TPSA) is 206 Å². The predicted molar refractivity (Wildman–Crippen MR) is 146 cm³/mol. The van der Waals surface area contributed by atoms with Crippen molar-refractivity contribution < 1.29 is 59.1 Å². The highest BCUT2D eigenvalue weighted by atomic mass is 32.3. The van der Waals surface area contributed by atoms with E-state index in [0.717, 1.165) is 19.3 Å². The third-order valence-corrected chi connectivity index (χ3v) is 12.2. The van der Waals surface area contributed by atoms with Gasteiger partial charge in [-0.15, -0.1) is 0 Å². The minimum Gasteiger partial charge on any atom is -0.393 e. The molecule has 0 amide bonds. The Kier molecular flexibility index (Phi) is 8.76. The molecular formula is C27H44O13S2. The molecule has 42 heavy (non-hydrogen) atoms. The van der Waals surface area contributed by atoms with E-state index in [2.05, 4.69) is 24.1 Å². The smallest absolute Gasteiger partial charge is 0.393 e. The molecule has 13 nitrogen and oxygen atoms in total. The maximum Gasteiger partial charge on any atom is 0.397 e. The summed E-state index contributed by atoms with van der Waals surface area (Å²) < 4.78 is 86.0. The molecule has 14 atom stereocenters. The van der Waals surface area contributed by atoms with Crippen LogP contribution in [0.5, 0.6) is 0 Å². The quantitative estimate of drug-likeness (QED) is 0.199. The molecule has 1 saturated heterocycles. The van der Waals surface area contributed by atoms with Crippen LogP contribution in [0, 0.1) is 34.5 Å². The minimum atomic E-state index is -4.94. The maximum absolute atomic E-state index is 11.6. The van der Waals surface area contributed by atoms with Crippen molar-refractivity contribution in [3.8, 4) is 0 Å². The lowest BCUT2D eigenvalue weighted by Gasteiger charge is -2.59. The summed E-state index contributed by atoms with van der Waals surface area (Å²) in [5.41, 5.74) is 0.747. The van der Waals surface area contributed by atoms with Crippen molar-refractivity contribution >= 4 is 20.8 Å². The molecule has 1 aliphatic heterocycles. The molecule has 0 aromatic rings. The number of hydrogen-bond acceptors (Lipinski definition) is 11. The third kappa shape index (κ3) is 5.96. The Labute approximate surface area is 247 Å². The van der Waals surface area contributed by atoms with E-state index >= 15 is 0 Å². The van der Waals surface area contributed by atoms with Gasteiger partial charge in [-0.25, -0.2) is 8.37 Å². The van der Waals surface area contributed by atoms with Gasteiger partial charge in [0.25, 0.3) is 0 Å². The van der Waals surface area contributed by atoms with Crippen LogP contribution in [0.4, 0.5) is 0 Å². The second-order valence-electron chi connectivity index (χ2n) is 13.5. The Morgan fingerprint density at radius 2 is 1.64 bits per heavy atom. The van der Waals surface area contributed by atoms with Crippen LogP contribution in [0.15, 0.2) is 11.6 Å². The monoisotopic (exact) mass is 640 g/mol. The van der Waals surface area contributed by atoms with Crippen LogP contribution in [0.1, 0.15) is 72.6 Å². The standard InChI is InChI=1S/C27H44O13S2/c1-13(28)17-5-6-18-16-12-21(38-25-23(30)22(29)24(14(2)37-25)40-42(34,35)36)20-11-15(39-41(31,32)33)7-9-27(20,4)19(16)8-10-26(17,18)3/h8,13-18,20-25,28-30H,5-7,9-12H2,1-4H3,(H,31,32,33)(H,34,35,36)/t13-,14-,15+,16+,17-,18+,20-,21+,22-,23-,24-,25+,26-,27-/m1/s1. The van der Waals surface area contributed by atoms with E-state index in [4.69, 9.17) is 18.2 Å². The van der Waals surface area contributed by atoms with Crippen LogP contribution >= 0.6 is 0 Å². The lowest BCUT2D eigenvalue weighted by molar-refractivity contribution is -0.312. The van der Waals surface area contributed by atoms with Gasteiger partial charge < -0.3 is 24.8 Å². The molecule has 5 N–H and O–H groups in total. The number of rotatable bonds is 7. The molecule has 1 heterocycles. The summed E-state index contributed by atoms with van der Waals surface area (Å²) in [5.74, 6) is 0.204. The van der Waals surface area contributed by atoms with Crippen molar-refractivity contribution in [2.24, 2.45) is 34.5 Å². The van der Waals surface area contributed by atoms with Crippen molar-refractivity contribution in [3.05, 3.63) is 11.6 Å². The van der Waals surface area contributed by atoms with E-state index in [0.29, 0.717) is 19.3 Å². The number of aliphatic hydroxyl groups is 3. The van der Waals surface area contributed by atoms with Crippen molar-refractivity contribution in [2.45, 2.75) is 122 Å². The average Bonchev–Trinajstić information content (AvgIpc) is 3.22. The molecule has 15 heteroatoms. The van der Waals surface area contributed by atoms with Gasteiger partial charge in [0.2, 0.25) is 0 Å². The second-order valence-corrected chi connectivity index (χ2v) is 15.6. The van der Waals surface area contributed by atoms with Crippen molar-refractivity contribution in [1.82, 2.24) is 0 Å². The molecule has 3 saturated carbocycles. The van der Waals surface area contributed by atoms with Gasteiger partial charge in [0.05, 0.1) is 24.4 Å². The molecular weight excluding hydrogens is 596 g/mol. The van der Waals surface area contributed by atoms with Crippen LogP contribution in [0.2, 0.25) is 0 Å². The highest BCUT2D eigenvalue weighted by molar-refractivity contribution is 7.81. The first kappa shape index (κ1) is 32.7. The number of aliphatic hydroxyl groups excluding tert-OH is 3. The van der Waals surface area contributed by atoms with Gasteiger partial charge in [-0.3, -0.25) is 9.11 Å². The largest absolute Gasteiger partial charge is 0.397 e. The molecule has 0 aromatic carbocycles. The summed E-state index contributed by atoms with van der Waals surface area (Å²) in [6.07, 6.45) is -2.64. The van der Waals surface area contributed by atoms with E-state index < -0.39 is 75.2 Å². The fourth-order valence-corrected chi connectivity index (χ4v) is 10.4. The fraction of sp³-hybridized carbons (Fsp3) is 0.926. The summed E-state index contributed by atoms with van der Waals surface area (Å²) >= 11 is 0. The number of fused-ring (bicyclic) bond motifs is 5. The van der Waals surface area contributed by atoms with Crippen molar-refractivity contribution in [1.29, 1.82) is 0 Å². The summed E-state index contributed by atoms with van der Waals surface area (Å²) in [7, 11) is -9.63. The van der Waals surface area contributed by atoms with E-state index in [9.17, 15) is 36.7 Å². The first-order valence-corrected chi connectivity index (χ1v) is 17.4. The van der Waals surface area contributed by atoms with Crippen LogP contribution in [-0.4, -0.2) is 90.3 Å². The van der Waals surface area contributed by atoms with Gasteiger partial charge in [-0.2, -0.15) is 16.8 Å². The van der Waals surface area contributed by atoms with Gasteiger partial charge in [0, 0.05) is 0 Å². The molecule has 5 aliphatic rings. The van der Waals surface area contributed by atoms with Crippen molar-refractivity contribution in [2.75, 3.05) is 0 Å². The second kappa shape index (κ2) is 11.3. The van der Waals surface area contributed by atoms with Crippen LogP contribution in [-0.2, 0) is 38.6 Å². The summed E-state index contributed by atoms with van der Waals surface area (Å²) in [6.45, 7) is 7.62. The zero-order chi connectivity index (χ0) is 31.0. The molecule has 0 unspecified atom stereocenters. The first-order valence-electron chi connectivity index (χ1n) is 14.7. The van der Waals surface area contributed by atoms with Crippen LogP contribution in [0.25, 0.3) is 0 Å². The van der Waals surface area contributed by atoms with E-state index in [1.54, 1.807) is 0 Å². The molecule has 242 valence electrons. The summed E-state index contributed by atoms with van der Waals surface area (Å²) in [6, 6.07) is 0. The zero-order valence-corrected chi connectivity index (χ0v) is 25.9. The van der Waals surface area contributed by atoms with Gasteiger partial charge in [0.1, 0.15) is 18.3 Å². The number of ether oxygens (including phenoxy) is 2. The fourth-order valence-electron chi connectivity index (χ4n) is 9.31. The first-order chi connectivity index (χ1) is 19.3. The Morgan fingerprint density at radius 1 is 0.976 bits per heavy atom. The molecule has 0 aromatic heterocycles. The number of hydrogen-bond donors (Lipinski definition) is 5. The van der Waals surface area contributed by atoms with Gasteiger partial charge in [0.15, 0.2) is 6.29 Å². The minimum absolute atomic E-state index is 0.0940. The SMILES string of the molecule is C[C@@H](O)[C@H]1CC[C@H]2[C@@H]3C[C@H](O[C@@H]4O[C@H](C)[C@@H](OS(=O)(=O)O)[C@H](O)[C@H]4O)[C@H]4C[C@@H](OS(=O)(=O)O)CC[C@]4(C)C3=CC[C@]12C. The Balaban J connectivity index is 1.46. The molecule has 0 radical (unpaired) electrons. The van der Waals surface area contributed by atoms with Gasteiger partial charge in [-0.05, 0) is 93.3 Å². The summed E-state index contributed by atoms with van der Waals surface area (Å²) in [4.78, 5) is 0. The molecule has 4 fully saturated rings. The Hall–Kier alpha value is -0.720. The third-order valence-electron chi connectivity index (χ3n) is 11.2. The molecule has 0 spiro atoms. The van der Waals surface area contributed by atoms with E-state index in [1.807, 2.05) is 6.92 Å².